The molecule has 0 fully saturated rings. The number of rotatable bonds is 4. The van der Waals surface area contributed by atoms with Gasteiger partial charge in [0.1, 0.15) is 17.2 Å². The average Bonchev–Trinajstić information content (AvgIpc) is 2.67. The number of carboxylic acid groups (broad SMARTS) is 1. The summed E-state index contributed by atoms with van der Waals surface area (Å²) in [4.78, 5) is 11.2. The average molecular weight is 376 g/mol. The molecule has 0 aromatic heterocycles. The highest BCUT2D eigenvalue weighted by Crippen LogP contribution is 2.38. The van der Waals surface area contributed by atoms with Gasteiger partial charge in [0.2, 0.25) is 0 Å². The number of halogens is 1. The maximum absolute atomic E-state index is 13.5. The van der Waals surface area contributed by atoms with Crippen LogP contribution in [0.25, 0.3) is 11.1 Å². The fraction of sp³-hybridized carbons (Fsp3) is 0.208. The normalized spacial score (nSPS) is 18.2. The van der Waals surface area contributed by atoms with Gasteiger partial charge in [-0.15, -0.1) is 0 Å². The van der Waals surface area contributed by atoms with E-state index in [4.69, 9.17) is 4.74 Å². The number of fused-ring (bicyclic) bond motifs is 1. The molecule has 1 aliphatic rings. The molecule has 0 spiro atoms. The second-order valence-electron chi connectivity index (χ2n) is 7.57. The zero-order chi connectivity index (χ0) is 19.7. The first-order valence-electron chi connectivity index (χ1n) is 9.32. The maximum atomic E-state index is 13.5. The van der Waals surface area contributed by atoms with E-state index in [1.54, 1.807) is 30.3 Å². The standard InChI is InChI=1S/C24H21FO3/c1-24(15-16-4-2-7-21(25)12-16)11-10-17-8-9-19(14-22(17)28-24)18-5-3-6-20(13-18)23(26)27/h2-9,12-14H,10-11,15H2,1H3,(H,26,27)/t24-/m0/s1. The van der Waals surface area contributed by atoms with Crippen LogP contribution in [0.1, 0.15) is 34.8 Å². The summed E-state index contributed by atoms with van der Waals surface area (Å²) in [6.07, 6.45) is 2.36. The topological polar surface area (TPSA) is 46.5 Å². The van der Waals surface area contributed by atoms with Crippen molar-refractivity contribution < 1.29 is 19.0 Å². The van der Waals surface area contributed by atoms with Crippen LogP contribution < -0.4 is 4.74 Å². The van der Waals surface area contributed by atoms with E-state index in [0.717, 1.165) is 40.8 Å². The van der Waals surface area contributed by atoms with Crippen LogP contribution in [0.4, 0.5) is 4.39 Å². The minimum atomic E-state index is -0.946. The molecule has 0 unspecified atom stereocenters. The number of hydrogen-bond donors (Lipinski definition) is 1. The van der Waals surface area contributed by atoms with Crippen LogP contribution >= 0.6 is 0 Å². The van der Waals surface area contributed by atoms with Crippen LogP contribution in [0.15, 0.2) is 66.7 Å². The van der Waals surface area contributed by atoms with Crippen molar-refractivity contribution in [3.8, 4) is 16.9 Å². The second kappa shape index (κ2) is 7.12. The third kappa shape index (κ3) is 3.77. The van der Waals surface area contributed by atoms with Crippen LogP contribution in [0.2, 0.25) is 0 Å². The van der Waals surface area contributed by atoms with Gasteiger partial charge in [0, 0.05) is 6.42 Å². The van der Waals surface area contributed by atoms with Crippen molar-refractivity contribution >= 4 is 5.97 Å². The molecule has 0 saturated heterocycles. The van der Waals surface area contributed by atoms with E-state index in [9.17, 15) is 14.3 Å². The Morgan fingerprint density at radius 3 is 2.64 bits per heavy atom. The molecule has 1 heterocycles. The van der Waals surface area contributed by atoms with Gasteiger partial charge in [-0.2, -0.15) is 0 Å². The summed E-state index contributed by atoms with van der Waals surface area (Å²) in [5, 5.41) is 9.23. The Balaban J connectivity index is 1.62. The Bertz CT molecular complexity index is 1040. The lowest BCUT2D eigenvalue weighted by Gasteiger charge is -2.36. The second-order valence-corrected chi connectivity index (χ2v) is 7.57. The number of benzene rings is 3. The summed E-state index contributed by atoms with van der Waals surface area (Å²) >= 11 is 0. The smallest absolute Gasteiger partial charge is 0.335 e. The number of aryl methyl sites for hydroxylation is 1. The zero-order valence-corrected chi connectivity index (χ0v) is 15.6. The lowest BCUT2D eigenvalue weighted by Crippen LogP contribution is -2.38. The van der Waals surface area contributed by atoms with Crippen molar-refractivity contribution in [3.63, 3.8) is 0 Å². The van der Waals surface area contributed by atoms with Gasteiger partial charge in [-0.25, -0.2) is 9.18 Å². The molecule has 1 aliphatic heterocycles. The van der Waals surface area contributed by atoms with E-state index in [1.807, 2.05) is 30.3 Å². The van der Waals surface area contributed by atoms with Gasteiger partial charge >= 0.3 is 5.97 Å². The van der Waals surface area contributed by atoms with Crippen molar-refractivity contribution in [2.24, 2.45) is 0 Å². The van der Waals surface area contributed by atoms with Gasteiger partial charge in [0.25, 0.3) is 0 Å². The van der Waals surface area contributed by atoms with Crippen LogP contribution in [0, 0.1) is 5.82 Å². The summed E-state index contributed by atoms with van der Waals surface area (Å²) in [5.41, 5.74) is 3.64. The fourth-order valence-electron chi connectivity index (χ4n) is 3.79. The Morgan fingerprint density at radius 1 is 1.07 bits per heavy atom. The first kappa shape index (κ1) is 18.2. The summed E-state index contributed by atoms with van der Waals surface area (Å²) in [6.45, 7) is 2.05. The minimum absolute atomic E-state index is 0.238. The summed E-state index contributed by atoms with van der Waals surface area (Å²) in [6, 6.07) is 19.5. The number of carbonyl (C=O) groups is 1. The van der Waals surface area contributed by atoms with Crippen molar-refractivity contribution in [3.05, 3.63) is 89.2 Å². The van der Waals surface area contributed by atoms with Gasteiger partial charge in [0.15, 0.2) is 0 Å². The number of ether oxygens (including phenoxy) is 1. The molecule has 0 amide bonds. The van der Waals surface area contributed by atoms with Gasteiger partial charge < -0.3 is 9.84 Å². The molecule has 28 heavy (non-hydrogen) atoms. The summed E-state index contributed by atoms with van der Waals surface area (Å²) in [7, 11) is 0. The van der Waals surface area contributed by atoms with Crippen molar-refractivity contribution in [2.45, 2.75) is 31.8 Å². The van der Waals surface area contributed by atoms with Gasteiger partial charge in [-0.1, -0.05) is 36.4 Å². The van der Waals surface area contributed by atoms with Crippen molar-refractivity contribution in [2.75, 3.05) is 0 Å². The number of carboxylic acids is 1. The summed E-state index contributed by atoms with van der Waals surface area (Å²) < 4.78 is 19.9. The SMILES string of the molecule is C[C@@]1(Cc2cccc(F)c2)CCc2ccc(-c3cccc(C(=O)O)c3)cc2O1. The summed E-state index contributed by atoms with van der Waals surface area (Å²) in [5.74, 6) is -0.375. The molecule has 1 N–H and O–H groups in total. The molecule has 3 aromatic carbocycles. The molecule has 0 radical (unpaired) electrons. The van der Waals surface area contributed by atoms with Crippen LogP contribution in [-0.2, 0) is 12.8 Å². The van der Waals surface area contributed by atoms with Gasteiger partial charge in [-0.05, 0) is 72.4 Å². The first-order chi connectivity index (χ1) is 13.4. The molecule has 0 bridgehead atoms. The highest BCUT2D eigenvalue weighted by atomic mass is 19.1. The minimum Gasteiger partial charge on any atom is -0.487 e. The molecule has 142 valence electrons. The third-order valence-corrected chi connectivity index (χ3v) is 5.26. The van der Waals surface area contributed by atoms with Crippen LogP contribution in [0.3, 0.4) is 0 Å². The van der Waals surface area contributed by atoms with E-state index in [1.165, 1.54) is 6.07 Å². The highest BCUT2D eigenvalue weighted by molar-refractivity contribution is 5.89. The van der Waals surface area contributed by atoms with E-state index in [-0.39, 0.29) is 11.4 Å². The van der Waals surface area contributed by atoms with Crippen molar-refractivity contribution in [1.29, 1.82) is 0 Å². The molecule has 4 rings (SSSR count). The maximum Gasteiger partial charge on any atom is 0.335 e. The molecule has 0 aliphatic carbocycles. The fourth-order valence-corrected chi connectivity index (χ4v) is 3.79. The Kier molecular flexibility index (Phi) is 4.63. The van der Waals surface area contributed by atoms with Crippen molar-refractivity contribution in [1.82, 2.24) is 0 Å². The quantitative estimate of drug-likeness (QED) is 0.652. The predicted molar refractivity (Wildman–Crippen MR) is 106 cm³/mol. The predicted octanol–water partition coefficient (Wildman–Crippen LogP) is 5.52. The molecule has 3 aromatic rings. The lowest BCUT2D eigenvalue weighted by molar-refractivity contribution is 0.0654. The van der Waals surface area contributed by atoms with Gasteiger partial charge in [-0.3, -0.25) is 0 Å². The van der Waals surface area contributed by atoms with E-state index in [2.05, 4.69) is 6.92 Å². The molecule has 4 heteroatoms. The van der Waals surface area contributed by atoms with Crippen LogP contribution in [0.5, 0.6) is 5.75 Å². The molecule has 0 saturated carbocycles. The molecule has 1 atom stereocenters. The van der Waals surface area contributed by atoms with Crippen LogP contribution in [-0.4, -0.2) is 16.7 Å². The number of aromatic carboxylic acids is 1. The molecular formula is C24H21FO3. The Morgan fingerprint density at radius 2 is 1.86 bits per heavy atom. The molecular weight excluding hydrogens is 355 g/mol. The van der Waals surface area contributed by atoms with E-state index < -0.39 is 11.6 Å². The van der Waals surface area contributed by atoms with E-state index in [0.29, 0.717) is 6.42 Å². The lowest BCUT2D eigenvalue weighted by atomic mass is 9.86. The van der Waals surface area contributed by atoms with E-state index >= 15 is 0 Å². The molecule has 3 nitrogen and oxygen atoms in total. The highest BCUT2D eigenvalue weighted by Gasteiger charge is 2.32. The first-order valence-corrected chi connectivity index (χ1v) is 9.32. The Labute approximate surface area is 163 Å². The third-order valence-electron chi connectivity index (χ3n) is 5.26. The Hall–Kier alpha value is -3.14. The largest absolute Gasteiger partial charge is 0.487 e. The van der Waals surface area contributed by atoms with Gasteiger partial charge in [0.05, 0.1) is 5.56 Å². The zero-order valence-electron chi connectivity index (χ0n) is 15.6. The monoisotopic (exact) mass is 376 g/mol. The number of hydrogen-bond acceptors (Lipinski definition) is 2.